The van der Waals surface area contributed by atoms with E-state index in [2.05, 4.69) is 19.9 Å². The number of unbranched alkanes of at least 4 members (excludes halogenated alkanes) is 1. The van der Waals surface area contributed by atoms with Gasteiger partial charge in [-0.3, -0.25) is 0 Å². The van der Waals surface area contributed by atoms with Crippen molar-refractivity contribution >= 4 is 0 Å². The Morgan fingerprint density at radius 2 is 1.80 bits per heavy atom. The van der Waals surface area contributed by atoms with Crippen LogP contribution in [0.1, 0.15) is 32.3 Å². The van der Waals surface area contributed by atoms with Gasteiger partial charge < -0.3 is 10.2 Å². The quantitative estimate of drug-likeness (QED) is 0.741. The minimum Gasteiger partial charge on any atom is -0.508 e. The van der Waals surface area contributed by atoms with Crippen molar-refractivity contribution in [1.82, 2.24) is 0 Å². The highest BCUT2D eigenvalue weighted by Gasteiger charge is 1.99. The maximum absolute atomic E-state index is 9.30. The fourth-order valence-electron chi connectivity index (χ4n) is 1.54. The Morgan fingerprint density at radius 1 is 1.20 bits per heavy atom. The van der Waals surface area contributed by atoms with E-state index in [1.807, 2.05) is 0 Å². The molecule has 0 radical (unpaired) electrons. The van der Waals surface area contributed by atoms with E-state index >= 15 is 0 Å². The van der Waals surface area contributed by atoms with Gasteiger partial charge >= 0.3 is 0 Å². The summed E-state index contributed by atoms with van der Waals surface area (Å²) in [5, 5.41) is 18.6. The second-order valence-electron chi connectivity index (χ2n) is 3.87. The first-order valence-corrected chi connectivity index (χ1v) is 5.29. The zero-order valence-corrected chi connectivity index (χ0v) is 9.33. The molecular formula is C13H18O2. The van der Waals surface area contributed by atoms with Crippen molar-refractivity contribution in [2.45, 2.75) is 33.1 Å². The van der Waals surface area contributed by atoms with Crippen LogP contribution in [0.5, 0.6) is 11.5 Å². The average Bonchev–Trinajstić information content (AvgIpc) is 2.13. The van der Waals surface area contributed by atoms with Crippen LogP contribution in [-0.4, -0.2) is 10.2 Å². The molecule has 0 aromatic heterocycles. The van der Waals surface area contributed by atoms with Gasteiger partial charge in [-0.05, 0) is 37.5 Å². The average molecular weight is 206 g/mol. The lowest BCUT2D eigenvalue weighted by Crippen LogP contribution is -1.87. The van der Waals surface area contributed by atoms with E-state index in [9.17, 15) is 10.2 Å². The highest BCUT2D eigenvalue weighted by molar-refractivity contribution is 5.38. The number of hydrogen-bond acceptors (Lipinski definition) is 2. The lowest BCUT2D eigenvalue weighted by molar-refractivity contribution is 0.449. The molecular weight excluding hydrogens is 188 g/mol. The van der Waals surface area contributed by atoms with Crippen LogP contribution in [0.25, 0.3) is 0 Å². The third-order valence-corrected chi connectivity index (χ3v) is 2.23. The molecule has 0 fully saturated rings. The summed E-state index contributed by atoms with van der Waals surface area (Å²) in [4.78, 5) is 0. The Balaban J connectivity index is 2.72. The minimum atomic E-state index is 0.119. The highest BCUT2D eigenvalue weighted by Crippen LogP contribution is 2.22. The van der Waals surface area contributed by atoms with Gasteiger partial charge in [-0.1, -0.05) is 25.0 Å². The number of phenolic OH excluding ortho intramolecular Hbond substituents is 2. The summed E-state index contributed by atoms with van der Waals surface area (Å²) in [5.74, 6) is 0.238. The fourth-order valence-corrected chi connectivity index (χ4v) is 1.54. The predicted octanol–water partition coefficient (Wildman–Crippen LogP) is 3.39. The molecule has 2 heteroatoms. The molecule has 0 aliphatic carbocycles. The van der Waals surface area contributed by atoms with Crippen LogP contribution < -0.4 is 0 Å². The summed E-state index contributed by atoms with van der Waals surface area (Å²) >= 11 is 0. The van der Waals surface area contributed by atoms with Crippen molar-refractivity contribution in [3.05, 3.63) is 35.4 Å². The minimum absolute atomic E-state index is 0.119. The number of hydrogen-bond donors (Lipinski definition) is 2. The van der Waals surface area contributed by atoms with Crippen LogP contribution in [0.4, 0.5) is 0 Å². The van der Waals surface area contributed by atoms with Crippen molar-refractivity contribution < 1.29 is 10.2 Å². The van der Waals surface area contributed by atoms with Gasteiger partial charge in [0.15, 0.2) is 0 Å². The Morgan fingerprint density at radius 3 is 2.33 bits per heavy atom. The maximum atomic E-state index is 9.30. The van der Waals surface area contributed by atoms with Crippen LogP contribution in [0.15, 0.2) is 29.8 Å². The number of aromatic hydroxyl groups is 2. The molecule has 2 N–H and O–H groups in total. The van der Waals surface area contributed by atoms with E-state index in [-0.39, 0.29) is 11.5 Å². The molecule has 15 heavy (non-hydrogen) atoms. The first kappa shape index (κ1) is 11.6. The van der Waals surface area contributed by atoms with Crippen molar-refractivity contribution in [2.24, 2.45) is 0 Å². The molecule has 1 aromatic rings. The molecule has 0 aliphatic heterocycles. The summed E-state index contributed by atoms with van der Waals surface area (Å²) in [6.07, 6.45) is 5.20. The van der Waals surface area contributed by atoms with Gasteiger partial charge in [-0.2, -0.15) is 0 Å². The molecule has 0 amide bonds. The van der Waals surface area contributed by atoms with Crippen LogP contribution >= 0.6 is 0 Å². The van der Waals surface area contributed by atoms with Gasteiger partial charge in [0.1, 0.15) is 11.5 Å². The standard InChI is InChI=1S/C13H18O2/c1-3-4-5-10(2)6-11-7-12(14)9-13(15)8-11/h5,7-9,14-15H,3-4,6H2,1-2H3/b10-5+. The molecule has 0 aliphatic rings. The van der Waals surface area contributed by atoms with Gasteiger partial charge in [-0.15, -0.1) is 0 Å². The summed E-state index contributed by atoms with van der Waals surface area (Å²) in [7, 11) is 0. The van der Waals surface area contributed by atoms with Crippen LogP contribution in [0.3, 0.4) is 0 Å². The largest absolute Gasteiger partial charge is 0.508 e. The van der Waals surface area contributed by atoms with Gasteiger partial charge in [0.25, 0.3) is 0 Å². The zero-order valence-electron chi connectivity index (χ0n) is 9.33. The van der Waals surface area contributed by atoms with Crippen LogP contribution in [0.2, 0.25) is 0 Å². The van der Waals surface area contributed by atoms with E-state index in [0.717, 1.165) is 24.8 Å². The molecule has 2 nitrogen and oxygen atoms in total. The smallest absolute Gasteiger partial charge is 0.119 e. The Hall–Kier alpha value is -1.44. The fraction of sp³-hybridized carbons (Fsp3) is 0.385. The molecule has 0 atom stereocenters. The summed E-state index contributed by atoms with van der Waals surface area (Å²) in [6, 6.07) is 4.71. The highest BCUT2D eigenvalue weighted by atomic mass is 16.3. The first-order chi connectivity index (χ1) is 7.11. The van der Waals surface area contributed by atoms with Gasteiger partial charge in [-0.25, -0.2) is 0 Å². The third-order valence-electron chi connectivity index (χ3n) is 2.23. The lowest BCUT2D eigenvalue weighted by atomic mass is 10.0. The Bertz CT molecular complexity index is 333. The third kappa shape index (κ3) is 4.07. The van der Waals surface area contributed by atoms with Gasteiger partial charge in [0.05, 0.1) is 0 Å². The number of allylic oxidation sites excluding steroid dienone is 2. The second kappa shape index (κ2) is 5.44. The summed E-state index contributed by atoms with van der Waals surface area (Å²) in [6.45, 7) is 4.21. The topological polar surface area (TPSA) is 40.5 Å². The van der Waals surface area contributed by atoms with Crippen molar-refractivity contribution in [1.29, 1.82) is 0 Å². The molecule has 0 saturated heterocycles. The van der Waals surface area contributed by atoms with Crippen LogP contribution in [-0.2, 0) is 6.42 Å². The van der Waals surface area contributed by atoms with E-state index in [0.29, 0.717) is 0 Å². The molecule has 1 rings (SSSR count). The van der Waals surface area contributed by atoms with E-state index in [4.69, 9.17) is 0 Å². The molecule has 0 unspecified atom stereocenters. The van der Waals surface area contributed by atoms with E-state index in [1.165, 1.54) is 11.6 Å². The van der Waals surface area contributed by atoms with Crippen molar-refractivity contribution in [2.75, 3.05) is 0 Å². The molecule has 1 aromatic carbocycles. The first-order valence-electron chi connectivity index (χ1n) is 5.29. The monoisotopic (exact) mass is 206 g/mol. The Labute approximate surface area is 90.9 Å². The maximum Gasteiger partial charge on any atom is 0.119 e. The Kier molecular flexibility index (Phi) is 4.22. The molecule has 82 valence electrons. The number of rotatable bonds is 4. The second-order valence-corrected chi connectivity index (χ2v) is 3.87. The molecule has 0 bridgehead atoms. The van der Waals surface area contributed by atoms with E-state index < -0.39 is 0 Å². The summed E-state index contributed by atoms with van der Waals surface area (Å²) < 4.78 is 0. The number of benzene rings is 1. The molecule has 0 saturated carbocycles. The van der Waals surface area contributed by atoms with Crippen molar-refractivity contribution in [3.63, 3.8) is 0 Å². The molecule has 0 heterocycles. The lowest BCUT2D eigenvalue weighted by Gasteiger charge is -2.04. The predicted molar refractivity (Wildman–Crippen MR) is 62.1 cm³/mol. The van der Waals surface area contributed by atoms with Crippen LogP contribution in [0, 0.1) is 0 Å². The summed E-state index contributed by atoms with van der Waals surface area (Å²) in [5.41, 5.74) is 2.21. The van der Waals surface area contributed by atoms with Gasteiger partial charge in [0, 0.05) is 6.07 Å². The molecule has 0 spiro atoms. The SMILES string of the molecule is CCC/C=C(\C)Cc1cc(O)cc(O)c1. The normalized spacial score (nSPS) is 11.7. The van der Waals surface area contributed by atoms with Crippen molar-refractivity contribution in [3.8, 4) is 11.5 Å². The van der Waals surface area contributed by atoms with E-state index in [1.54, 1.807) is 12.1 Å². The number of phenols is 2. The zero-order chi connectivity index (χ0) is 11.3. The van der Waals surface area contributed by atoms with Gasteiger partial charge in [0.2, 0.25) is 0 Å².